The van der Waals surface area contributed by atoms with E-state index in [2.05, 4.69) is 57.2 Å². The van der Waals surface area contributed by atoms with Crippen LogP contribution in [0, 0.1) is 26.8 Å². The number of hydrogen-bond donors (Lipinski definition) is 0. The summed E-state index contributed by atoms with van der Waals surface area (Å²) in [5.74, 6) is 0. The minimum atomic E-state index is 1.19. The zero-order valence-electron chi connectivity index (χ0n) is 9.46. The molecular formula is C15H15. The minimum Gasteiger partial charge on any atom is -0.0590 e. The van der Waals surface area contributed by atoms with Gasteiger partial charge in [-0.1, -0.05) is 47.5 Å². The van der Waals surface area contributed by atoms with Gasteiger partial charge in [0, 0.05) is 0 Å². The van der Waals surface area contributed by atoms with Gasteiger partial charge in [-0.25, -0.2) is 0 Å². The zero-order chi connectivity index (χ0) is 10.8. The molecule has 0 N–H and O–H groups in total. The molecule has 0 heterocycles. The van der Waals surface area contributed by atoms with Gasteiger partial charge in [0.05, 0.1) is 0 Å². The smallest absolute Gasteiger partial charge is 0.00989 e. The van der Waals surface area contributed by atoms with Crippen molar-refractivity contribution in [2.45, 2.75) is 20.8 Å². The van der Waals surface area contributed by atoms with Crippen LogP contribution in [-0.2, 0) is 0 Å². The number of hydrogen-bond acceptors (Lipinski definition) is 0. The van der Waals surface area contributed by atoms with Gasteiger partial charge in [-0.2, -0.15) is 0 Å². The van der Waals surface area contributed by atoms with Gasteiger partial charge in [0.2, 0.25) is 0 Å². The van der Waals surface area contributed by atoms with E-state index in [0.29, 0.717) is 0 Å². The summed E-state index contributed by atoms with van der Waals surface area (Å²) in [7, 11) is 0. The van der Waals surface area contributed by atoms with Gasteiger partial charge < -0.3 is 0 Å². The average Bonchev–Trinajstić information content (AvgIpc) is 2.22. The lowest BCUT2D eigenvalue weighted by molar-refractivity contribution is 1.38. The molecule has 15 heavy (non-hydrogen) atoms. The second-order valence-corrected chi connectivity index (χ2v) is 4.10. The van der Waals surface area contributed by atoms with Crippen LogP contribution in [0.2, 0.25) is 0 Å². The molecule has 0 unspecified atom stereocenters. The molecule has 0 saturated heterocycles. The first-order chi connectivity index (χ1) is 7.16. The molecule has 0 heteroatoms. The highest BCUT2D eigenvalue weighted by molar-refractivity contribution is 5.67. The Labute approximate surface area is 91.6 Å². The zero-order valence-corrected chi connectivity index (χ0v) is 9.46. The molecule has 0 amide bonds. The van der Waals surface area contributed by atoms with Crippen molar-refractivity contribution in [3.8, 4) is 11.1 Å². The highest BCUT2D eigenvalue weighted by atomic mass is 14.1. The fourth-order valence-corrected chi connectivity index (χ4v) is 1.76. The molecule has 2 aromatic rings. The topological polar surface area (TPSA) is 0 Å². The maximum Gasteiger partial charge on any atom is -0.00989 e. The Morgan fingerprint density at radius 1 is 0.867 bits per heavy atom. The van der Waals surface area contributed by atoms with Gasteiger partial charge in [0.25, 0.3) is 0 Å². The Balaban J connectivity index is 2.58. The van der Waals surface area contributed by atoms with E-state index >= 15 is 0 Å². The molecule has 0 aromatic heterocycles. The van der Waals surface area contributed by atoms with Crippen molar-refractivity contribution in [3.05, 3.63) is 59.2 Å². The second-order valence-electron chi connectivity index (χ2n) is 4.10. The van der Waals surface area contributed by atoms with Crippen LogP contribution in [0.1, 0.15) is 16.7 Å². The first-order valence-corrected chi connectivity index (χ1v) is 5.23. The molecule has 0 spiro atoms. The molecule has 0 saturated carbocycles. The van der Waals surface area contributed by atoms with Gasteiger partial charge >= 0.3 is 0 Å². The van der Waals surface area contributed by atoms with E-state index in [4.69, 9.17) is 0 Å². The summed E-state index contributed by atoms with van der Waals surface area (Å²) < 4.78 is 0. The van der Waals surface area contributed by atoms with Crippen LogP contribution in [0.3, 0.4) is 0 Å². The van der Waals surface area contributed by atoms with Crippen LogP contribution in [-0.4, -0.2) is 0 Å². The Kier molecular flexibility index (Phi) is 2.59. The van der Waals surface area contributed by atoms with Crippen LogP contribution in [0.15, 0.2) is 36.4 Å². The third-order valence-electron chi connectivity index (χ3n) is 2.64. The number of rotatable bonds is 1. The average molecular weight is 195 g/mol. The maximum absolute atomic E-state index is 3.29. The van der Waals surface area contributed by atoms with Gasteiger partial charge in [-0.3, -0.25) is 0 Å². The summed E-state index contributed by atoms with van der Waals surface area (Å²) in [5, 5.41) is 0. The van der Waals surface area contributed by atoms with Crippen LogP contribution in [0.5, 0.6) is 0 Å². The van der Waals surface area contributed by atoms with Gasteiger partial charge in [0.1, 0.15) is 0 Å². The van der Waals surface area contributed by atoms with Crippen molar-refractivity contribution >= 4 is 0 Å². The van der Waals surface area contributed by atoms with Crippen LogP contribution in [0.25, 0.3) is 11.1 Å². The van der Waals surface area contributed by atoms with E-state index in [1.54, 1.807) is 0 Å². The predicted molar refractivity (Wildman–Crippen MR) is 64.9 cm³/mol. The summed E-state index contributed by atoms with van der Waals surface area (Å²) in [6.07, 6.45) is 0. The van der Waals surface area contributed by atoms with Crippen molar-refractivity contribution < 1.29 is 0 Å². The van der Waals surface area contributed by atoms with E-state index in [9.17, 15) is 0 Å². The van der Waals surface area contributed by atoms with Crippen molar-refractivity contribution in [1.82, 2.24) is 0 Å². The molecule has 0 atom stereocenters. The first-order valence-electron chi connectivity index (χ1n) is 5.23. The third kappa shape index (κ3) is 2.10. The molecule has 0 aliphatic rings. The standard InChI is InChI=1S/C15H15/c1-11-5-4-6-14(9-11)15-10-12(2)7-8-13(15)3/h4-5,7-10H,1-3H3. The molecule has 75 valence electrons. The summed E-state index contributed by atoms with van der Waals surface area (Å²) in [5.41, 5.74) is 6.37. The monoisotopic (exact) mass is 195 g/mol. The van der Waals surface area contributed by atoms with E-state index in [1.165, 1.54) is 27.8 Å². The summed E-state index contributed by atoms with van der Waals surface area (Å²) in [6.45, 7) is 6.38. The molecule has 0 aliphatic heterocycles. The first kappa shape index (κ1) is 9.97. The van der Waals surface area contributed by atoms with E-state index in [1.807, 2.05) is 6.07 Å². The number of benzene rings is 2. The Bertz CT molecular complexity index is 481. The molecular weight excluding hydrogens is 180 g/mol. The van der Waals surface area contributed by atoms with E-state index in [-0.39, 0.29) is 0 Å². The molecule has 0 nitrogen and oxygen atoms in total. The van der Waals surface area contributed by atoms with Crippen molar-refractivity contribution in [3.63, 3.8) is 0 Å². The van der Waals surface area contributed by atoms with Gasteiger partial charge in [-0.15, -0.1) is 0 Å². The van der Waals surface area contributed by atoms with Crippen LogP contribution < -0.4 is 0 Å². The summed E-state index contributed by atoms with van der Waals surface area (Å²) in [6, 6.07) is 16.1. The quantitative estimate of drug-likeness (QED) is 0.643. The van der Waals surface area contributed by atoms with Crippen LogP contribution >= 0.6 is 0 Å². The molecule has 0 aliphatic carbocycles. The largest absolute Gasteiger partial charge is 0.0590 e. The Morgan fingerprint density at radius 2 is 1.60 bits per heavy atom. The SMILES string of the molecule is Cc1cc[c]c(-c2cc(C)ccc2C)c1. The third-order valence-corrected chi connectivity index (χ3v) is 2.64. The molecule has 2 aromatic carbocycles. The highest BCUT2D eigenvalue weighted by Crippen LogP contribution is 2.24. The summed E-state index contributed by atoms with van der Waals surface area (Å²) in [4.78, 5) is 0. The van der Waals surface area contributed by atoms with Gasteiger partial charge in [-0.05, 0) is 43.5 Å². The molecule has 0 fully saturated rings. The lowest BCUT2D eigenvalue weighted by Gasteiger charge is -2.07. The normalized spacial score (nSPS) is 10.3. The Morgan fingerprint density at radius 3 is 2.33 bits per heavy atom. The fraction of sp³-hybridized carbons (Fsp3) is 0.200. The summed E-state index contributed by atoms with van der Waals surface area (Å²) >= 11 is 0. The minimum absolute atomic E-state index is 1.19. The van der Waals surface area contributed by atoms with Crippen LogP contribution in [0.4, 0.5) is 0 Å². The Hall–Kier alpha value is -1.56. The number of aryl methyl sites for hydroxylation is 3. The second kappa shape index (κ2) is 3.90. The van der Waals surface area contributed by atoms with Crippen molar-refractivity contribution in [1.29, 1.82) is 0 Å². The lowest BCUT2D eigenvalue weighted by Crippen LogP contribution is -1.85. The molecule has 2 rings (SSSR count). The highest BCUT2D eigenvalue weighted by Gasteiger charge is 2.02. The van der Waals surface area contributed by atoms with Gasteiger partial charge in [0.15, 0.2) is 0 Å². The molecule has 1 radical (unpaired) electrons. The van der Waals surface area contributed by atoms with Crippen molar-refractivity contribution in [2.75, 3.05) is 0 Å². The predicted octanol–water partition coefficient (Wildman–Crippen LogP) is 4.08. The molecule has 0 bridgehead atoms. The maximum atomic E-state index is 3.29. The van der Waals surface area contributed by atoms with E-state index in [0.717, 1.165) is 0 Å². The lowest BCUT2D eigenvalue weighted by atomic mass is 9.97. The van der Waals surface area contributed by atoms with Crippen molar-refractivity contribution in [2.24, 2.45) is 0 Å². The fourth-order valence-electron chi connectivity index (χ4n) is 1.76. The van der Waals surface area contributed by atoms with E-state index < -0.39 is 0 Å².